The first-order valence-corrected chi connectivity index (χ1v) is 4.16. The minimum absolute atomic E-state index is 0.124. The van der Waals surface area contributed by atoms with Crippen LogP contribution in [0.1, 0.15) is 19.8 Å². The van der Waals surface area contributed by atoms with E-state index in [1.54, 1.807) is 4.90 Å². The van der Waals surface area contributed by atoms with E-state index in [0.717, 1.165) is 25.9 Å². The number of hydrogen-bond acceptors (Lipinski definition) is 2. The van der Waals surface area contributed by atoms with Crippen LogP contribution in [0, 0.1) is 5.92 Å². The molecule has 3 heteroatoms. The van der Waals surface area contributed by atoms with Crippen molar-refractivity contribution in [1.82, 2.24) is 4.90 Å². The van der Waals surface area contributed by atoms with E-state index in [0.29, 0.717) is 5.92 Å². The summed E-state index contributed by atoms with van der Waals surface area (Å²) in [6.45, 7) is 3.47. The van der Waals surface area contributed by atoms with E-state index in [1.807, 2.05) is 0 Å². The fourth-order valence-corrected chi connectivity index (χ4v) is 1.49. The molecule has 0 aromatic heterocycles. The molecule has 1 amide bonds. The summed E-state index contributed by atoms with van der Waals surface area (Å²) in [5.74, 6) is 0.534. The summed E-state index contributed by atoms with van der Waals surface area (Å²) in [5.41, 5.74) is 0. The summed E-state index contributed by atoms with van der Waals surface area (Å²) in [7, 11) is 0. The van der Waals surface area contributed by atoms with E-state index in [4.69, 9.17) is 5.11 Å². The molecule has 11 heavy (non-hydrogen) atoms. The lowest BCUT2D eigenvalue weighted by atomic mass is 10.1. The van der Waals surface area contributed by atoms with Crippen LogP contribution in [0.3, 0.4) is 0 Å². The van der Waals surface area contributed by atoms with E-state index >= 15 is 0 Å². The Kier molecular flexibility index (Phi) is 2.88. The van der Waals surface area contributed by atoms with Gasteiger partial charge in [-0.15, -0.1) is 0 Å². The highest BCUT2D eigenvalue weighted by molar-refractivity contribution is 5.77. The number of aliphatic hydroxyl groups excluding tert-OH is 1. The van der Waals surface area contributed by atoms with Gasteiger partial charge >= 0.3 is 0 Å². The Hall–Kier alpha value is -0.570. The zero-order valence-corrected chi connectivity index (χ0v) is 6.92. The summed E-state index contributed by atoms with van der Waals surface area (Å²) < 4.78 is 0. The highest BCUT2D eigenvalue weighted by atomic mass is 16.3. The van der Waals surface area contributed by atoms with Gasteiger partial charge in [0.1, 0.15) is 6.61 Å². The van der Waals surface area contributed by atoms with Crippen LogP contribution in [0.25, 0.3) is 0 Å². The van der Waals surface area contributed by atoms with Gasteiger partial charge in [-0.2, -0.15) is 0 Å². The zero-order valence-electron chi connectivity index (χ0n) is 6.92. The molecule has 0 spiro atoms. The van der Waals surface area contributed by atoms with Gasteiger partial charge in [-0.25, -0.2) is 0 Å². The van der Waals surface area contributed by atoms with E-state index < -0.39 is 0 Å². The minimum Gasteiger partial charge on any atom is -0.387 e. The largest absolute Gasteiger partial charge is 0.387 e. The molecule has 0 bridgehead atoms. The average molecular weight is 157 g/mol. The van der Waals surface area contributed by atoms with E-state index in [-0.39, 0.29) is 12.5 Å². The number of carbonyl (C=O) groups is 1. The maximum absolute atomic E-state index is 11.0. The fourth-order valence-electron chi connectivity index (χ4n) is 1.49. The van der Waals surface area contributed by atoms with Crippen LogP contribution in [-0.2, 0) is 4.79 Å². The molecule has 64 valence electrons. The van der Waals surface area contributed by atoms with Crippen LogP contribution in [0.4, 0.5) is 0 Å². The Bertz CT molecular complexity index is 147. The van der Waals surface area contributed by atoms with Crippen molar-refractivity contribution in [3.63, 3.8) is 0 Å². The number of rotatable bonds is 2. The average Bonchev–Trinajstić information content (AvgIpc) is 2.50. The summed E-state index contributed by atoms with van der Waals surface area (Å²) >= 11 is 0. The second-order valence-electron chi connectivity index (χ2n) is 3.06. The number of hydrogen-bond donors (Lipinski definition) is 1. The Morgan fingerprint density at radius 2 is 2.45 bits per heavy atom. The third-order valence-corrected chi connectivity index (χ3v) is 2.35. The quantitative estimate of drug-likeness (QED) is 0.623. The van der Waals surface area contributed by atoms with Crippen molar-refractivity contribution in [2.75, 3.05) is 19.7 Å². The Balaban J connectivity index is 2.35. The molecule has 1 aliphatic heterocycles. The lowest BCUT2D eigenvalue weighted by molar-refractivity contribution is -0.133. The van der Waals surface area contributed by atoms with Gasteiger partial charge in [0.15, 0.2) is 0 Å². The first-order chi connectivity index (χ1) is 5.27. The standard InChI is InChI=1S/C8H15NO2/c1-2-7-3-4-9(5-7)8(11)6-10/h7,10H,2-6H2,1H3/t7-/m0/s1. The van der Waals surface area contributed by atoms with Gasteiger partial charge in [-0.05, 0) is 12.3 Å². The molecule has 0 aromatic rings. The van der Waals surface area contributed by atoms with Crippen LogP contribution >= 0.6 is 0 Å². The predicted octanol–water partition coefficient (Wildman–Crippen LogP) is 0.237. The second-order valence-corrected chi connectivity index (χ2v) is 3.06. The summed E-state index contributed by atoms with van der Waals surface area (Å²) in [5, 5.41) is 8.56. The van der Waals surface area contributed by atoms with Gasteiger partial charge in [0.05, 0.1) is 0 Å². The van der Waals surface area contributed by atoms with Gasteiger partial charge in [0, 0.05) is 13.1 Å². The van der Waals surface area contributed by atoms with Crippen LogP contribution in [-0.4, -0.2) is 35.6 Å². The van der Waals surface area contributed by atoms with E-state index in [9.17, 15) is 4.79 Å². The Morgan fingerprint density at radius 3 is 2.91 bits per heavy atom. The van der Waals surface area contributed by atoms with Gasteiger partial charge in [-0.1, -0.05) is 13.3 Å². The molecule has 0 radical (unpaired) electrons. The number of carbonyl (C=O) groups excluding carboxylic acids is 1. The maximum Gasteiger partial charge on any atom is 0.248 e. The van der Waals surface area contributed by atoms with E-state index in [2.05, 4.69) is 6.92 Å². The minimum atomic E-state index is -0.337. The molecular weight excluding hydrogens is 142 g/mol. The van der Waals surface area contributed by atoms with Crippen LogP contribution in [0.2, 0.25) is 0 Å². The highest BCUT2D eigenvalue weighted by Gasteiger charge is 2.23. The van der Waals surface area contributed by atoms with Crippen molar-refractivity contribution < 1.29 is 9.90 Å². The summed E-state index contributed by atoms with van der Waals surface area (Å²) in [6.07, 6.45) is 2.23. The van der Waals surface area contributed by atoms with Crippen LogP contribution in [0.5, 0.6) is 0 Å². The lowest BCUT2D eigenvalue weighted by Gasteiger charge is -2.13. The molecule has 0 unspecified atom stereocenters. The second kappa shape index (κ2) is 3.72. The van der Waals surface area contributed by atoms with Crippen molar-refractivity contribution in [3.8, 4) is 0 Å². The number of aliphatic hydroxyl groups is 1. The number of amides is 1. The van der Waals surface area contributed by atoms with Crippen LogP contribution < -0.4 is 0 Å². The smallest absolute Gasteiger partial charge is 0.248 e. The summed E-state index contributed by atoms with van der Waals surface area (Å²) in [6, 6.07) is 0. The molecule has 1 saturated heterocycles. The molecule has 0 aromatic carbocycles. The van der Waals surface area contributed by atoms with Crippen molar-refractivity contribution in [2.24, 2.45) is 5.92 Å². The molecule has 1 fully saturated rings. The molecular formula is C8H15NO2. The Morgan fingerprint density at radius 1 is 1.73 bits per heavy atom. The molecule has 1 aliphatic rings. The topological polar surface area (TPSA) is 40.5 Å². The monoisotopic (exact) mass is 157 g/mol. The molecule has 1 atom stereocenters. The van der Waals surface area contributed by atoms with Crippen molar-refractivity contribution in [1.29, 1.82) is 0 Å². The van der Waals surface area contributed by atoms with Gasteiger partial charge in [0.25, 0.3) is 0 Å². The van der Waals surface area contributed by atoms with Gasteiger partial charge in [0.2, 0.25) is 5.91 Å². The fraction of sp³-hybridized carbons (Fsp3) is 0.875. The lowest BCUT2D eigenvalue weighted by Crippen LogP contribution is -2.30. The molecule has 1 N–H and O–H groups in total. The third kappa shape index (κ3) is 1.93. The van der Waals surface area contributed by atoms with Gasteiger partial charge in [-0.3, -0.25) is 4.79 Å². The van der Waals surface area contributed by atoms with Crippen LogP contribution in [0.15, 0.2) is 0 Å². The molecule has 1 rings (SSSR count). The first-order valence-electron chi connectivity index (χ1n) is 4.16. The summed E-state index contributed by atoms with van der Waals surface area (Å²) in [4.78, 5) is 12.7. The van der Waals surface area contributed by atoms with Crippen molar-refractivity contribution >= 4 is 5.91 Å². The zero-order chi connectivity index (χ0) is 8.27. The molecule has 0 saturated carbocycles. The third-order valence-electron chi connectivity index (χ3n) is 2.35. The highest BCUT2D eigenvalue weighted by Crippen LogP contribution is 2.18. The number of likely N-dealkylation sites (tertiary alicyclic amines) is 1. The normalized spacial score (nSPS) is 24.2. The van der Waals surface area contributed by atoms with Gasteiger partial charge < -0.3 is 10.0 Å². The van der Waals surface area contributed by atoms with Crippen molar-refractivity contribution in [2.45, 2.75) is 19.8 Å². The van der Waals surface area contributed by atoms with E-state index in [1.165, 1.54) is 0 Å². The maximum atomic E-state index is 11.0. The predicted molar refractivity (Wildman–Crippen MR) is 42.1 cm³/mol. The number of nitrogens with zero attached hydrogens (tertiary/aromatic N) is 1. The SMILES string of the molecule is CC[C@H]1CCN(C(=O)CO)C1. The molecule has 3 nitrogen and oxygen atoms in total. The molecule has 1 heterocycles. The Labute approximate surface area is 67.0 Å². The molecule has 0 aliphatic carbocycles. The first kappa shape index (κ1) is 8.53. The van der Waals surface area contributed by atoms with Crippen molar-refractivity contribution in [3.05, 3.63) is 0 Å².